The maximum atomic E-state index is 13.7. The maximum absolute atomic E-state index is 13.7. The van der Waals surface area contributed by atoms with Gasteiger partial charge in [-0.15, -0.1) is 0 Å². The van der Waals surface area contributed by atoms with Gasteiger partial charge in [-0.3, -0.25) is 0 Å². The topological polar surface area (TPSA) is 20.2 Å². The Morgan fingerprint density at radius 3 is 2.50 bits per heavy atom. The van der Waals surface area contributed by atoms with Crippen LogP contribution in [0.2, 0.25) is 5.02 Å². The first kappa shape index (κ1) is 11.0. The lowest BCUT2D eigenvalue weighted by Gasteiger charge is -2.05. The molecule has 2 aromatic carbocycles. The number of benzene rings is 2. The Balaban J connectivity index is 2.54. The SMILES string of the molecule is Cc1ccc(-c2ccc(O)c(Cl)c2)c(F)c1. The fraction of sp³-hybridized carbons (Fsp3) is 0.0769. The van der Waals surface area contributed by atoms with Crippen LogP contribution >= 0.6 is 11.6 Å². The molecule has 1 N–H and O–H groups in total. The highest BCUT2D eigenvalue weighted by molar-refractivity contribution is 6.32. The van der Waals surface area contributed by atoms with Crippen LogP contribution in [0.1, 0.15) is 5.56 Å². The summed E-state index contributed by atoms with van der Waals surface area (Å²) in [4.78, 5) is 0. The van der Waals surface area contributed by atoms with Crippen LogP contribution in [0.4, 0.5) is 4.39 Å². The van der Waals surface area contributed by atoms with Crippen molar-refractivity contribution in [2.75, 3.05) is 0 Å². The molecule has 0 saturated carbocycles. The average Bonchev–Trinajstić information content (AvgIpc) is 2.22. The minimum atomic E-state index is -0.290. The van der Waals surface area contributed by atoms with Crippen molar-refractivity contribution >= 4 is 11.6 Å². The number of aryl methyl sites for hydroxylation is 1. The molecule has 0 radical (unpaired) electrons. The molecule has 0 saturated heterocycles. The summed E-state index contributed by atoms with van der Waals surface area (Å²) in [7, 11) is 0. The molecule has 1 nitrogen and oxygen atoms in total. The van der Waals surface area contributed by atoms with Crippen LogP contribution in [0.3, 0.4) is 0 Å². The van der Waals surface area contributed by atoms with Gasteiger partial charge < -0.3 is 5.11 Å². The molecule has 0 heterocycles. The quantitative estimate of drug-likeness (QED) is 0.788. The molecule has 0 bridgehead atoms. The minimum absolute atomic E-state index is 0.00191. The number of aromatic hydroxyl groups is 1. The second-order valence-corrected chi connectivity index (χ2v) is 4.06. The molecule has 0 amide bonds. The number of halogens is 2. The van der Waals surface area contributed by atoms with E-state index in [1.165, 1.54) is 12.1 Å². The van der Waals surface area contributed by atoms with Crippen molar-refractivity contribution in [2.45, 2.75) is 6.92 Å². The Bertz CT molecular complexity index is 537. The highest BCUT2D eigenvalue weighted by Crippen LogP contribution is 2.30. The van der Waals surface area contributed by atoms with Gasteiger partial charge in [-0.2, -0.15) is 0 Å². The summed E-state index contributed by atoms with van der Waals surface area (Å²) in [5.41, 5.74) is 2.00. The summed E-state index contributed by atoms with van der Waals surface area (Å²) in [5, 5.41) is 9.50. The Hall–Kier alpha value is -1.54. The van der Waals surface area contributed by atoms with E-state index in [1.807, 2.05) is 13.0 Å². The predicted octanol–water partition coefficient (Wildman–Crippen LogP) is 4.16. The van der Waals surface area contributed by atoms with Crippen LogP contribution in [0, 0.1) is 12.7 Å². The molecule has 3 heteroatoms. The number of hydrogen-bond donors (Lipinski definition) is 1. The normalized spacial score (nSPS) is 10.4. The molecule has 0 aliphatic heterocycles. The molecule has 0 atom stereocenters. The Kier molecular flexibility index (Phi) is 2.84. The van der Waals surface area contributed by atoms with Crippen LogP contribution in [0.15, 0.2) is 36.4 Å². The largest absolute Gasteiger partial charge is 0.506 e. The molecule has 0 unspecified atom stereocenters. The summed E-state index contributed by atoms with van der Waals surface area (Å²) in [6, 6.07) is 9.64. The summed E-state index contributed by atoms with van der Waals surface area (Å²) in [5.74, 6) is -0.292. The van der Waals surface area contributed by atoms with Gasteiger partial charge >= 0.3 is 0 Å². The van der Waals surface area contributed by atoms with Gasteiger partial charge in [-0.1, -0.05) is 29.8 Å². The smallest absolute Gasteiger partial charge is 0.134 e. The molecule has 0 aromatic heterocycles. The van der Waals surface area contributed by atoms with Crippen molar-refractivity contribution < 1.29 is 9.50 Å². The van der Waals surface area contributed by atoms with Gasteiger partial charge in [0.05, 0.1) is 5.02 Å². The van der Waals surface area contributed by atoms with E-state index in [0.29, 0.717) is 11.1 Å². The lowest BCUT2D eigenvalue weighted by molar-refractivity contribution is 0.475. The van der Waals surface area contributed by atoms with Crippen LogP contribution in [-0.4, -0.2) is 5.11 Å². The molecule has 16 heavy (non-hydrogen) atoms. The standard InChI is InChI=1S/C13H10ClFO/c1-8-2-4-10(12(15)6-8)9-3-5-13(16)11(14)7-9/h2-7,16H,1H3. The van der Waals surface area contributed by atoms with Crippen LogP contribution in [0.5, 0.6) is 5.75 Å². The minimum Gasteiger partial charge on any atom is -0.506 e. The van der Waals surface area contributed by atoms with E-state index in [2.05, 4.69) is 0 Å². The monoisotopic (exact) mass is 236 g/mol. The van der Waals surface area contributed by atoms with Crippen molar-refractivity contribution in [2.24, 2.45) is 0 Å². The molecule has 2 aromatic rings. The number of rotatable bonds is 1. The molecule has 0 spiro atoms. The number of phenolic OH excluding ortho intramolecular Hbond substituents is 1. The van der Waals surface area contributed by atoms with E-state index < -0.39 is 0 Å². The summed E-state index contributed by atoms with van der Waals surface area (Å²) in [6.07, 6.45) is 0. The zero-order chi connectivity index (χ0) is 11.7. The van der Waals surface area contributed by atoms with E-state index in [-0.39, 0.29) is 16.6 Å². The van der Waals surface area contributed by atoms with Crippen LogP contribution < -0.4 is 0 Å². The fourth-order valence-electron chi connectivity index (χ4n) is 1.53. The van der Waals surface area contributed by atoms with E-state index in [9.17, 15) is 9.50 Å². The highest BCUT2D eigenvalue weighted by Gasteiger charge is 2.07. The van der Waals surface area contributed by atoms with Crippen LogP contribution in [-0.2, 0) is 0 Å². The Morgan fingerprint density at radius 2 is 1.88 bits per heavy atom. The van der Waals surface area contributed by atoms with Crippen LogP contribution in [0.25, 0.3) is 11.1 Å². The fourth-order valence-corrected chi connectivity index (χ4v) is 1.71. The summed E-state index contributed by atoms with van der Waals surface area (Å²) >= 11 is 5.77. The van der Waals surface area contributed by atoms with Gasteiger partial charge in [-0.25, -0.2) is 4.39 Å². The van der Waals surface area contributed by atoms with Gasteiger partial charge in [0.1, 0.15) is 11.6 Å². The third kappa shape index (κ3) is 2.02. The molecular formula is C13H10ClFO. The summed E-state index contributed by atoms with van der Waals surface area (Å²) < 4.78 is 13.7. The zero-order valence-corrected chi connectivity index (χ0v) is 9.42. The van der Waals surface area contributed by atoms with E-state index >= 15 is 0 Å². The van der Waals surface area contributed by atoms with Crippen molar-refractivity contribution in [1.82, 2.24) is 0 Å². The lowest BCUT2D eigenvalue weighted by atomic mass is 10.0. The first-order valence-electron chi connectivity index (χ1n) is 4.83. The first-order chi connectivity index (χ1) is 7.58. The Labute approximate surface area is 98.1 Å². The predicted molar refractivity (Wildman–Crippen MR) is 63.2 cm³/mol. The van der Waals surface area contributed by atoms with Gasteiger partial charge in [-0.05, 0) is 36.2 Å². The van der Waals surface area contributed by atoms with E-state index in [1.54, 1.807) is 18.2 Å². The first-order valence-corrected chi connectivity index (χ1v) is 5.21. The third-order valence-electron chi connectivity index (χ3n) is 2.38. The Morgan fingerprint density at radius 1 is 1.12 bits per heavy atom. The number of phenols is 1. The van der Waals surface area contributed by atoms with Gasteiger partial charge in [0.2, 0.25) is 0 Å². The second-order valence-electron chi connectivity index (χ2n) is 3.65. The van der Waals surface area contributed by atoms with Crippen molar-refractivity contribution in [1.29, 1.82) is 0 Å². The number of hydrogen-bond acceptors (Lipinski definition) is 1. The molecule has 0 fully saturated rings. The molecule has 0 aliphatic carbocycles. The van der Waals surface area contributed by atoms with E-state index in [4.69, 9.17) is 11.6 Å². The molecule has 0 aliphatic rings. The van der Waals surface area contributed by atoms with Crippen molar-refractivity contribution in [3.63, 3.8) is 0 Å². The molecular weight excluding hydrogens is 227 g/mol. The molecule has 2 rings (SSSR count). The lowest BCUT2D eigenvalue weighted by Crippen LogP contribution is -1.85. The van der Waals surface area contributed by atoms with E-state index in [0.717, 1.165) is 5.56 Å². The zero-order valence-electron chi connectivity index (χ0n) is 8.67. The average molecular weight is 237 g/mol. The maximum Gasteiger partial charge on any atom is 0.134 e. The van der Waals surface area contributed by atoms with Gasteiger partial charge in [0, 0.05) is 5.56 Å². The van der Waals surface area contributed by atoms with Gasteiger partial charge in [0.15, 0.2) is 0 Å². The van der Waals surface area contributed by atoms with Crippen molar-refractivity contribution in [3.8, 4) is 16.9 Å². The summed E-state index contributed by atoms with van der Waals surface area (Å²) in [6.45, 7) is 1.83. The third-order valence-corrected chi connectivity index (χ3v) is 2.69. The van der Waals surface area contributed by atoms with Crippen molar-refractivity contribution in [3.05, 3.63) is 52.8 Å². The second kappa shape index (κ2) is 4.14. The van der Waals surface area contributed by atoms with Gasteiger partial charge in [0.25, 0.3) is 0 Å². The highest BCUT2D eigenvalue weighted by atomic mass is 35.5. The molecule has 82 valence electrons.